The molecule has 104 valence electrons. The van der Waals surface area contributed by atoms with E-state index >= 15 is 0 Å². The van der Waals surface area contributed by atoms with Gasteiger partial charge in [0.15, 0.2) is 15.1 Å². The number of nitrogens with zero attached hydrogens (tertiary/aromatic N) is 2. The molecule has 0 saturated carbocycles. The minimum Gasteiger partial charge on any atom is -0.465 e. The maximum Gasteiger partial charge on any atom is 0.321 e. The summed E-state index contributed by atoms with van der Waals surface area (Å²) in [6.07, 6.45) is 1.54. The Balaban J connectivity index is 2.26. The second kappa shape index (κ2) is 5.45. The first kappa shape index (κ1) is 14.3. The molecule has 0 unspecified atom stereocenters. The summed E-state index contributed by atoms with van der Waals surface area (Å²) in [5.74, 6) is -0.659. The van der Waals surface area contributed by atoms with E-state index in [0.717, 1.165) is 0 Å². The lowest BCUT2D eigenvalue weighted by Gasteiger charge is -2.05. The van der Waals surface area contributed by atoms with Crippen LogP contribution in [0.3, 0.4) is 0 Å². The van der Waals surface area contributed by atoms with Crippen molar-refractivity contribution in [2.75, 3.05) is 13.2 Å². The Hall–Kier alpha value is -1.16. The number of fused-ring (bicyclic) bond motifs is 1. The van der Waals surface area contributed by atoms with E-state index in [9.17, 15) is 13.2 Å². The molecule has 19 heavy (non-hydrogen) atoms. The molecule has 0 radical (unpaired) electrons. The molecule has 0 aliphatic rings. The summed E-state index contributed by atoms with van der Waals surface area (Å²) in [5, 5.41) is 1.36. The van der Waals surface area contributed by atoms with E-state index in [0.29, 0.717) is 4.96 Å². The summed E-state index contributed by atoms with van der Waals surface area (Å²) in [7, 11) is -3.93. The summed E-state index contributed by atoms with van der Waals surface area (Å²) in [5.41, 5.74) is 0. The Labute approximate surface area is 118 Å². The van der Waals surface area contributed by atoms with Gasteiger partial charge < -0.3 is 4.74 Å². The summed E-state index contributed by atoms with van der Waals surface area (Å²) in [4.78, 5) is 15.5. The van der Waals surface area contributed by atoms with Gasteiger partial charge in [-0.2, -0.15) is 4.72 Å². The van der Waals surface area contributed by atoms with Crippen LogP contribution in [0.1, 0.15) is 6.92 Å². The number of halogens is 1. The van der Waals surface area contributed by atoms with Crippen LogP contribution in [0.2, 0.25) is 5.15 Å². The highest BCUT2D eigenvalue weighted by molar-refractivity contribution is 7.89. The fourth-order valence-electron chi connectivity index (χ4n) is 1.41. The van der Waals surface area contributed by atoms with Gasteiger partial charge in [0, 0.05) is 11.6 Å². The number of esters is 1. The monoisotopic (exact) mass is 323 g/mol. The molecule has 0 aliphatic carbocycles. The highest BCUT2D eigenvalue weighted by Gasteiger charge is 2.25. The third kappa shape index (κ3) is 2.89. The molecule has 1 N–H and O–H groups in total. The number of nitrogens with one attached hydrogen (secondary N) is 1. The zero-order chi connectivity index (χ0) is 14.0. The normalized spacial score (nSPS) is 11.9. The van der Waals surface area contributed by atoms with Crippen molar-refractivity contribution in [3.8, 4) is 0 Å². The van der Waals surface area contributed by atoms with Crippen LogP contribution in [-0.4, -0.2) is 36.9 Å². The van der Waals surface area contributed by atoms with Crippen LogP contribution in [0.5, 0.6) is 0 Å². The number of hydrogen-bond donors (Lipinski definition) is 1. The van der Waals surface area contributed by atoms with Gasteiger partial charge >= 0.3 is 5.97 Å². The van der Waals surface area contributed by atoms with Crippen molar-refractivity contribution in [1.29, 1.82) is 0 Å². The van der Waals surface area contributed by atoms with Crippen LogP contribution < -0.4 is 4.72 Å². The lowest BCUT2D eigenvalue weighted by atomic mass is 10.7. The van der Waals surface area contributed by atoms with E-state index in [2.05, 4.69) is 14.4 Å². The summed E-state index contributed by atoms with van der Waals surface area (Å²) in [6, 6.07) is 0. The predicted octanol–water partition coefficient (Wildman–Crippen LogP) is 0.891. The Morgan fingerprint density at radius 2 is 2.37 bits per heavy atom. The lowest BCUT2D eigenvalue weighted by Crippen LogP contribution is -2.31. The third-order valence-electron chi connectivity index (χ3n) is 2.14. The van der Waals surface area contributed by atoms with Gasteiger partial charge in [0.2, 0.25) is 0 Å². The molecule has 10 heteroatoms. The molecular weight excluding hydrogens is 314 g/mol. The highest BCUT2D eigenvalue weighted by atomic mass is 35.5. The third-order valence-corrected chi connectivity index (χ3v) is 4.70. The number of thiazole rings is 1. The summed E-state index contributed by atoms with van der Waals surface area (Å²) >= 11 is 7.06. The van der Waals surface area contributed by atoms with E-state index in [-0.39, 0.29) is 16.8 Å². The van der Waals surface area contributed by atoms with Gasteiger partial charge in [0.1, 0.15) is 6.54 Å². The number of imidazole rings is 1. The molecule has 0 aliphatic heterocycles. The minimum atomic E-state index is -3.93. The van der Waals surface area contributed by atoms with Crippen molar-refractivity contribution >= 4 is 43.9 Å². The van der Waals surface area contributed by atoms with Gasteiger partial charge in [-0.15, -0.1) is 11.3 Å². The molecular formula is C9H10ClN3O4S2. The van der Waals surface area contributed by atoms with Gasteiger partial charge in [0.25, 0.3) is 10.0 Å². The van der Waals surface area contributed by atoms with Crippen molar-refractivity contribution in [2.45, 2.75) is 11.9 Å². The summed E-state index contributed by atoms with van der Waals surface area (Å²) < 4.78 is 32.3. The van der Waals surface area contributed by atoms with Gasteiger partial charge in [-0.25, -0.2) is 13.4 Å². The van der Waals surface area contributed by atoms with E-state index in [1.807, 2.05) is 0 Å². The maximum absolute atomic E-state index is 12.1. The molecule has 0 bridgehead atoms. The molecule has 0 spiro atoms. The zero-order valence-corrected chi connectivity index (χ0v) is 12.2. The number of hydrogen-bond acceptors (Lipinski definition) is 6. The topological polar surface area (TPSA) is 89.8 Å². The Morgan fingerprint density at radius 3 is 3.05 bits per heavy atom. The van der Waals surface area contributed by atoms with Crippen molar-refractivity contribution in [3.63, 3.8) is 0 Å². The number of carbonyl (C=O) groups is 1. The quantitative estimate of drug-likeness (QED) is 0.825. The molecule has 0 atom stereocenters. The molecule has 0 aromatic carbocycles. The van der Waals surface area contributed by atoms with Crippen molar-refractivity contribution < 1.29 is 17.9 Å². The second-order valence-corrected chi connectivity index (χ2v) is 6.31. The zero-order valence-electron chi connectivity index (χ0n) is 9.79. The van der Waals surface area contributed by atoms with E-state index in [1.165, 1.54) is 21.9 Å². The molecule has 0 amide bonds. The molecule has 2 aromatic rings. The van der Waals surface area contributed by atoms with E-state index < -0.39 is 22.5 Å². The Morgan fingerprint density at radius 1 is 1.63 bits per heavy atom. The largest absolute Gasteiger partial charge is 0.465 e. The fourth-order valence-corrected chi connectivity index (χ4v) is 3.83. The van der Waals surface area contributed by atoms with Gasteiger partial charge in [-0.05, 0) is 6.92 Å². The molecule has 2 aromatic heterocycles. The van der Waals surface area contributed by atoms with Crippen molar-refractivity contribution in [3.05, 3.63) is 16.7 Å². The van der Waals surface area contributed by atoms with Crippen LogP contribution in [-0.2, 0) is 19.6 Å². The van der Waals surface area contributed by atoms with E-state index in [1.54, 1.807) is 12.3 Å². The fraction of sp³-hybridized carbons (Fsp3) is 0.333. The molecule has 2 rings (SSSR count). The van der Waals surface area contributed by atoms with E-state index in [4.69, 9.17) is 11.6 Å². The predicted molar refractivity (Wildman–Crippen MR) is 69.9 cm³/mol. The average molecular weight is 324 g/mol. The van der Waals surface area contributed by atoms with Crippen molar-refractivity contribution in [1.82, 2.24) is 14.1 Å². The summed E-state index contributed by atoms with van der Waals surface area (Å²) in [6.45, 7) is 1.36. The van der Waals surface area contributed by atoms with Crippen LogP contribution in [0.15, 0.2) is 16.6 Å². The number of carbonyl (C=O) groups excluding carboxylic acids is 1. The molecule has 0 fully saturated rings. The number of sulfonamides is 1. The molecule has 2 heterocycles. The Bertz CT molecular complexity index is 706. The first-order chi connectivity index (χ1) is 8.95. The van der Waals surface area contributed by atoms with Crippen LogP contribution in [0.4, 0.5) is 0 Å². The maximum atomic E-state index is 12.1. The SMILES string of the molecule is CCOC(=O)CNS(=O)(=O)c1c(Cl)nc2sccn12. The second-order valence-electron chi connectivity index (χ2n) is 3.39. The van der Waals surface area contributed by atoms with Gasteiger partial charge in [-0.1, -0.05) is 11.6 Å². The first-order valence-electron chi connectivity index (χ1n) is 5.22. The van der Waals surface area contributed by atoms with Gasteiger partial charge in [-0.3, -0.25) is 9.20 Å². The number of ether oxygens (including phenoxy) is 1. The molecule has 7 nitrogen and oxygen atoms in total. The van der Waals surface area contributed by atoms with Crippen LogP contribution >= 0.6 is 22.9 Å². The smallest absolute Gasteiger partial charge is 0.321 e. The lowest BCUT2D eigenvalue weighted by molar-refractivity contribution is -0.141. The number of aromatic nitrogens is 2. The van der Waals surface area contributed by atoms with Crippen molar-refractivity contribution in [2.24, 2.45) is 0 Å². The minimum absolute atomic E-state index is 0.136. The first-order valence-corrected chi connectivity index (χ1v) is 7.96. The molecule has 0 saturated heterocycles. The number of rotatable bonds is 5. The standard InChI is InChI=1S/C9H10ClN3O4S2/c1-2-17-6(14)5-11-19(15,16)8-7(10)12-9-13(8)3-4-18-9/h3-4,11H,2,5H2,1H3. The average Bonchev–Trinajstić information content (AvgIpc) is 2.86. The highest BCUT2D eigenvalue weighted by Crippen LogP contribution is 2.24. The van der Waals surface area contributed by atoms with Gasteiger partial charge in [0.05, 0.1) is 6.61 Å². The van der Waals surface area contributed by atoms with Crippen LogP contribution in [0, 0.1) is 0 Å². The Kier molecular flexibility index (Phi) is 4.09. The van der Waals surface area contributed by atoms with Crippen LogP contribution in [0.25, 0.3) is 4.96 Å².